The number of phenols is 1. The van der Waals surface area contributed by atoms with E-state index >= 15 is 0 Å². The van der Waals surface area contributed by atoms with Gasteiger partial charge in [0.2, 0.25) is 5.91 Å². The maximum Gasteiger partial charge on any atom is 0.255 e. The quantitative estimate of drug-likeness (QED) is 0.736. The first-order valence-electron chi connectivity index (χ1n) is 6.40. The van der Waals surface area contributed by atoms with E-state index in [4.69, 9.17) is 11.6 Å². The number of para-hydroxylation sites is 1. The van der Waals surface area contributed by atoms with E-state index in [0.717, 1.165) is 4.90 Å². The Labute approximate surface area is 135 Å². The zero-order valence-corrected chi connectivity index (χ0v) is 12.8. The van der Waals surface area contributed by atoms with Gasteiger partial charge >= 0.3 is 0 Å². The minimum atomic E-state index is -0.398. The third-order valence-electron chi connectivity index (χ3n) is 3.11. The molecular weight excluding hydrogens is 324 g/mol. The number of carbonyl (C=O) groups is 2. The van der Waals surface area contributed by atoms with E-state index in [9.17, 15) is 14.7 Å². The number of fused-ring (bicyclic) bond motifs is 1. The molecular formula is C15H11ClN2O3S. The maximum absolute atomic E-state index is 12.3. The molecule has 3 N–H and O–H groups in total. The van der Waals surface area contributed by atoms with Gasteiger partial charge in [-0.25, -0.2) is 0 Å². The number of carbonyl (C=O) groups excluding carboxylic acids is 2. The molecule has 0 fully saturated rings. The van der Waals surface area contributed by atoms with Crippen molar-refractivity contribution in [2.45, 2.75) is 4.90 Å². The lowest BCUT2D eigenvalue weighted by molar-refractivity contribution is -0.113. The fourth-order valence-electron chi connectivity index (χ4n) is 2.04. The van der Waals surface area contributed by atoms with Crippen molar-refractivity contribution in [3.05, 3.63) is 47.0 Å². The van der Waals surface area contributed by atoms with Crippen LogP contribution in [0.5, 0.6) is 5.75 Å². The van der Waals surface area contributed by atoms with Crippen LogP contribution >= 0.6 is 23.4 Å². The topological polar surface area (TPSA) is 78.4 Å². The summed E-state index contributed by atoms with van der Waals surface area (Å²) in [5.74, 6) is -0.304. The van der Waals surface area contributed by atoms with Gasteiger partial charge < -0.3 is 15.7 Å². The van der Waals surface area contributed by atoms with Crippen molar-refractivity contribution in [2.75, 3.05) is 16.4 Å². The van der Waals surface area contributed by atoms with Crippen LogP contribution in [0.1, 0.15) is 10.4 Å². The summed E-state index contributed by atoms with van der Waals surface area (Å²) in [4.78, 5) is 24.6. The standard InChI is InChI=1S/C15H11ClN2O3S/c16-9-2-1-3-10(14(9)20)18-15(21)8-4-5-12-11(6-8)17-13(19)7-22-12/h1-6,20H,7H2,(H,17,19)(H,18,21). The van der Waals surface area contributed by atoms with E-state index in [1.54, 1.807) is 30.3 Å². The monoisotopic (exact) mass is 334 g/mol. The van der Waals surface area contributed by atoms with Gasteiger partial charge in [0.05, 0.1) is 22.2 Å². The zero-order valence-electron chi connectivity index (χ0n) is 11.2. The average molecular weight is 335 g/mol. The second-order valence-electron chi connectivity index (χ2n) is 4.64. The third-order valence-corrected chi connectivity index (χ3v) is 4.49. The molecule has 2 aromatic rings. The van der Waals surface area contributed by atoms with Crippen molar-refractivity contribution < 1.29 is 14.7 Å². The Bertz CT molecular complexity index is 779. The largest absolute Gasteiger partial charge is 0.504 e. The van der Waals surface area contributed by atoms with E-state index in [-0.39, 0.29) is 22.4 Å². The lowest BCUT2D eigenvalue weighted by Crippen LogP contribution is -2.19. The summed E-state index contributed by atoms with van der Waals surface area (Å²) in [7, 11) is 0. The third kappa shape index (κ3) is 2.88. The predicted molar refractivity (Wildman–Crippen MR) is 86.9 cm³/mol. The Morgan fingerprint density at radius 2 is 2.14 bits per heavy atom. The summed E-state index contributed by atoms with van der Waals surface area (Å²) >= 11 is 7.23. The molecule has 0 saturated carbocycles. The SMILES string of the molecule is O=C1CSc2ccc(C(=O)Nc3cccc(Cl)c3O)cc2N1. The number of hydrogen-bond acceptors (Lipinski definition) is 4. The van der Waals surface area contributed by atoms with E-state index < -0.39 is 5.91 Å². The van der Waals surface area contributed by atoms with Crippen LogP contribution in [0.15, 0.2) is 41.3 Å². The Balaban J connectivity index is 1.85. The van der Waals surface area contributed by atoms with Crippen LogP contribution in [0, 0.1) is 0 Å². The van der Waals surface area contributed by atoms with Crippen LogP contribution in [0.4, 0.5) is 11.4 Å². The molecule has 0 atom stereocenters. The van der Waals surface area contributed by atoms with Crippen LogP contribution < -0.4 is 10.6 Å². The molecule has 1 heterocycles. The van der Waals surface area contributed by atoms with Gasteiger partial charge in [-0.3, -0.25) is 9.59 Å². The second-order valence-corrected chi connectivity index (χ2v) is 6.06. The molecule has 7 heteroatoms. The smallest absolute Gasteiger partial charge is 0.255 e. The van der Waals surface area contributed by atoms with Gasteiger partial charge in [0.15, 0.2) is 5.75 Å². The van der Waals surface area contributed by atoms with Gasteiger partial charge in [-0.1, -0.05) is 17.7 Å². The van der Waals surface area contributed by atoms with Crippen molar-refractivity contribution in [3.63, 3.8) is 0 Å². The van der Waals surface area contributed by atoms with Gasteiger partial charge in [0, 0.05) is 10.5 Å². The molecule has 1 aliphatic heterocycles. The van der Waals surface area contributed by atoms with Crippen LogP contribution in [-0.4, -0.2) is 22.7 Å². The van der Waals surface area contributed by atoms with Crippen LogP contribution in [0.3, 0.4) is 0 Å². The first-order valence-corrected chi connectivity index (χ1v) is 7.76. The van der Waals surface area contributed by atoms with Crippen LogP contribution in [0.25, 0.3) is 0 Å². The number of phenolic OH excluding ortho intramolecular Hbond substituents is 1. The van der Waals surface area contributed by atoms with Crippen molar-refractivity contribution >= 4 is 46.6 Å². The molecule has 112 valence electrons. The fraction of sp³-hybridized carbons (Fsp3) is 0.0667. The lowest BCUT2D eigenvalue weighted by Gasteiger charge is -2.17. The average Bonchev–Trinajstić information content (AvgIpc) is 2.51. The number of anilines is 2. The molecule has 22 heavy (non-hydrogen) atoms. The van der Waals surface area contributed by atoms with Crippen molar-refractivity contribution in [1.82, 2.24) is 0 Å². The summed E-state index contributed by atoms with van der Waals surface area (Å²) in [6, 6.07) is 9.76. The van der Waals surface area contributed by atoms with Crippen molar-refractivity contribution in [3.8, 4) is 5.75 Å². The normalized spacial score (nSPS) is 13.2. The number of halogens is 1. The Morgan fingerprint density at radius 3 is 2.95 bits per heavy atom. The zero-order chi connectivity index (χ0) is 15.7. The molecule has 0 aliphatic carbocycles. The second kappa shape index (κ2) is 5.90. The number of thioether (sulfide) groups is 1. The van der Waals surface area contributed by atoms with Crippen LogP contribution in [-0.2, 0) is 4.79 Å². The first-order chi connectivity index (χ1) is 10.5. The summed E-state index contributed by atoms with van der Waals surface area (Å²) in [5.41, 5.74) is 1.22. The highest BCUT2D eigenvalue weighted by atomic mass is 35.5. The lowest BCUT2D eigenvalue weighted by atomic mass is 10.1. The molecule has 0 saturated heterocycles. The Kier molecular flexibility index (Phi) is 3.96. The molecule has 5 nitrogen and oxygen atoms in total. The van der Waals surface area contributed by atoms with Gasteiger partial charge in [-0.15, -0.1) is 11.8 Å². The molecule has 2 aromatic carbocycles. The highest BCUT2D eigenvalue weighted by Gasteiger charge is 2.18. The molecule has 0 spiro atoms. The molecule has 0 unspecified atom stereocenters. The van der Waals surface area contributed by atoms with Gasteiger partial charge in [-0.2, -0.15) is 0 Å². The van der Waals surface area contributed by atoms with E-state index in [1.165, 1.54) is 17.8 Å². The van der Waals surface area contributed by atoms with Gasteiger partial charge in [-0.05, 0) is 30.3 Å². The fourth-order valence-corrected chi connectivity index (χ4v) is 3.00. The minimum absolute atomic E-state index is 0.0949. The van der Waals surface area contributed by atoms with Crippen molar-refractivity contribution in [2.24, 2.45) is 0 Å². The highest BCUT2D eigenvalue weighted by molar-refractivity contribution is 8.00. The van der Waals surface area contributed by atoms with E-state index in [0.29, 0.717) is 17.0 Å². The number of hydrogen-bond donors (Lipinski definition) is 3. The van der Waals surface area contributed by atoms with Gasteiger partial charge in [0.1, 0.15) is 0 Å². The number of amides is 2. The highest BCUT2D eigenvalue weighted by Crippen LogP contribution is 2.33. The summed E-state index contributed by atoms with van der Waals surface area (Å²) in [5, 5.41) is 15.3. The van der Waals surface area contributed by atoms with Crippen molar-refractivity contribution in [1.29, 1.82) is 0 Å². The number of rotatable bonds is 2. The molecule has 0 radical (unpaired) electrons. The van der Waals surface area contributed by atoms with Crippen LogP contribution in [0.2, 0.25) is 5.02 Å². The molecule has 0 aromatic heterocycles. The predicted octanol–water partition coefficient (Wildman–Crippen LogP) is 3.34. The Hall–Kier alpha value is -2.18. The maximum atomic E-state index is 12.3. The molecule has 3 rings (SSSR count). The summed E-state index contributed by atoms with van der Waals surface area (Å²) in [6.07, 6.45) is 0. The Morgan fingerprint density at radius 1 is 1.32 bits per heavy atom. The molecule has 0 bridgehead atoms. The summed E-state index contributed by atoms with van der Waals surface area (Å²) < 4.78 is 0. The number of benzene rings is 2. The summed E-state index contributed by atoms with van der Waals surface area (Å²) in [6.45, 7) is 0. The first kappa shape index (κ1) is 14.7. The van der Waals surface area contributed by atoms with E-state index in [2.05, 4.69) is 10.6 Å². The molecule has 1 aliphatic rings. The number of aromatic hydroxyl groups is 1. The minimum Gasteiger partial charge on any atom is -0.504 e. The molecule has 2 amide bonds. The number of nitrogens with one attached hydrogen (secondary N) is 2. The van der Waals surface area contributed by atoms with E-state index in [1.807, 2.05) is 0 Å². The van der Waals surface area contributed by atoms with Gasteiger partial charge in [0.25, 0.3) is 5.91 Å².